The summed E-state index contributed by atoms with van der Waals surface area (Å²) in [6.45, 7) is 3.99. The third kappa shape index (κ3) is 6.85. The highest BCUT2D eigenvalue weighted by Crippen LogP contribution is 2.29. The number of amides is 4. The van der Waals surface area contributed by atoms with Gasteiger partial charge >= 0.3 is 6.03 Å². The van der Waals surface area contributed by atoms with Gasteiger partial charge in [0.15, 0.2) is 0 Å². The molecule has 2 aromatic rings. The molecule has 3 fully saturated rings. The molecular weight excluding hydrogens is 514 g/mol. The maximum atomic E-state index is 13.7. The van der Waals surface area contributed by atoms with Crippen LogP contribution < -0.4 is 15.5 Å². The smallest absolute Gasteiger partial charge is 0.317 e. The van der Waals surface area contributed by atoms with Crippen LogP contribution in [-0.4, -0.2) is 73.0 Å². The van der Waals surface area contributed by atoms with Crippen LogP contribution in [0.25, 0.3) is 0 Å². The minimum Gasteiger partial charge on any atom is -0.367 e. The molecule has 0 atom stereocenters. The second kappa shape index (κ2) is 12.7. The first kappa shape index (κ1) is 27.3. The number of piperazine rings is 1. The van der Waals surface area contributed by atoms with Crippen LogP contribution in [0.1, 0.15) is 72.1 Å². The molecule has 2 saturated heterocycles. The van der Waals surface area contributed by atoms with E-state index >= 15 is 0 Å². The highest BCUT2D eigenvalue weighted by molar-refractivity contribution is 6.30. The molecule has 208 valence electrons. The highest BCUT2D eigenvalue weighted by atomic mass is 35.5. The fourth-order valence-corrected chi connectivity index (χ4v) is 5.92. The number of hydrogen-bond acceptors (Lipinski definition) is 4. The van der Waals surface area contributed by atoms with Gasteiger partial charge in [-0.1, -0.05) is 30.9 Å². The van der Waals surface area contributed by atoms with Crippen molar-refractivity contribution in [3.63, 3.8) is 0 Å². The van der Waals surface area contributed by atoms with Crippen LogP contribution in [0.4, 0.5) is 16.2 Å². The molecule has 2 aromatic carbocycles. The van der Waals surface area contributed by atoms with Crippen molar-refractivity contribution in [3.05, 3.63) is 58.6 Å². The van der Waals surface area contributed by atoms with E-state index in [1.54, 1.807) is 30.3 Å². The second-order valence-electron chi connectivity index (χ2n) is 10.8. The van der Waals surface area contributed by atoms with Crippen molar-refractivity contribution in [2.24, 2.45) is 0 Å². The number of urea groups is 1. The van der Waals surface area contributed by atoms with Gasteiger partial charge < -0.3 is 25.3 Å². The summed E-state index contributed by atoms with van der Waals surface area (Å²) < 4.78 is 0. The number of nitrogens with one attached hydrogen (secondary N) is 2. The van der Waals surface area contributed by atoms with Gasteiger partial charge in [0.1, 0.15) is 0 Å². The fourth-order valence-electron chi connectivity index (χ4n) is 5.80. The van der Waals surface area contributed by atoms with E-state index in [2.05, 4.69) is 15.5 Å². The van der Waals surface area contributed by atoms with Crippen LogP contribution in [-0.2, 0) is 0 Å². The van der Waals surface area contributed by atoms with Crippen LogP contribution in [0.5, 0.6) is 0 Å². The molecule has 0 radical (unpaired) electrons. The summed E-state index contributed by atoms with van der Waals surface area (Å²) in [5, 5.41) is 6.72. The number of rotatable bonds is 5. The third-order valence-electron chi connectivity index (χ3n) is 8.07. The zero-order valence-electron chi connectivity index (χ0n) is 22.5. The number of hydrogen-bond donors (Lipinski definition) is 2. The molecular formula is C30H38ClN5O3. The summed E-state index contributed by atoms with van der Waals surface area (Å²) in [4.78, 5) is 45.4. The van der Waals surface area contributed by atoms with Gasteiger partial charge in [-0.2, -0.15) is 0 Å². The van der Waals surface area contributed by atoms with Crippen molar-refractivity contribution in [2.45, 2.75) is 57.4 Å². The molecule has 0 unspecified atom stereocenters. The van der Waals surface area contributed by atoms with E-state index in [0.29, 0.717) is 48.0 Å². The Bertz CT molecular complexity index is 1170. The Labute approximate surface area is 235 Å². The zero-order chi connectivity index (χ0) is 27.2. The Balaban J connectivity index is 1.30. The lowest BCUT2D eigenvalue weighted by Gasteiger charge is -2.38. The van der Waals surface area contributed by atoms with Crippen molar-refractivity contribution in [2.75, 3.05) is 49.5 Å². The maximum Gasteiger partial charge on any atom is 0.317 e. The first-order valence-electron chi connectivity index (χ1n) is 14.3. The molecule has 2 aliphatic heterocycles. The monoisotopic (exact) mass is 551 g/mol. The summed E-state index contributed by atoms with van der Waals surface area (Å²) in [6, 6.07) is 12.6. The number of carbonyl (C=O) groups is 3. The average Bonchev–Trinajstić information content (AvgIpc) is 2.98. The van der Waals surface area contributed by atoms with Crippen molar-refractivity contribution in [3.8, 4) is 0 Å². The molecule has 0 spiro atoms. The molecule has 3 aliphatic rings. The van der Waals surface area contributed by atoms with Gasteiger partial charge in [-0.25, -0.2) is 4.79 Å². The van der Waals surface area contributed by atoms with E-state index in [1.165, 1.54) is 19.3 Å². The molecule has 39 heavy (non-hydrogen) atoms. The van der Waals surface area contributed by atoms with Gasteiger partial charge in [-0.15, -0.1) is 0 Å². The van der Waals surface area contributed by atoms with Crippen LogP contribution >= 0.6 is 11.6 Å². The lowest BCUT2D eigenvalue weighted by atomic mass is 9.96. The van der Waals surface area contributed by atoms with Crippen LogP contribution in [0.2, 0.25) is 5.02 Å². The Kier molecular flexibility index (Phi) is 8.91. The van der Waals surface area contributed by atoms with Crippen molar-refractivity contribution in [1.29, 1.82) is 0 Å². The normalized spacial score (nSPS) is 18.5. The Morgan fingerprint density at radius 1 is 0.744 bits per heavy atom. The zero-order valence-corrected chi connectivity index (χ0v) is 23.2. The fraction of sp³-hybridized carbons (Fsp3) is 0.500. The Morgan fingerprint density at radius 2 is 1.41 bits per heavy atom. The quantitative estimate of drug-likeness (QED) is 0.522. The molecule has 0 aromatic heterocycles. The second-order valence-corrected chi connectivity index (χ2v) is 11.2. The molecule has 9 heteroatoms. The summed E-state index contributed by atoms with van der Waals surface area (Å²) in [5.74, 6) is -0.266. The Morgan fingerprint density at radius 3 is 2.10 bits per heavy atom. The molecule has 2 N–H and O–H groups in total. The van der Waals surface area contributed by atoms with E-state index in [4.69, 9.17) is 11.6 Å². The van der Waals surface area contributed by atoms with E-state index in [1.807, 2.05) is 21.9 Å². The molecule has 1 saturated carbocycles. The summed E-state index contributed by atoms with van der Waals surface area (Å²) in [7, 11) is 0. The number of benzene rings is 2. The van der Waals surface area contributed by atoms with Gasteiger partial charge in [0, 0.05) is 67.3 Å². The largest absolute Gasteiger partial charge is 0.367 e. The third-order valence-corrected chi connectivity index (χ3v) is 8.33. The minimum absolute atomic E-state index is 0.00948. The van der Waals surface area contributed by atoms with E-state index in [9.17, 15) is 14.4 Å². The standard InChI is InChI=1S/C30H38ClN5O3/c31-23-11-9-22(10-12-23)28(37)32-25-13-14-27(26(21-25)29(38)35-15-5-2-6-16-35)34-17-19-36(20-18-34)30(39)33-24-7-3-1-4-8-24/h9-14,21,24H,1-8,15-20H2,(H,32,37)(H,33,39). The molecule has 4 amide bonds. The lowest BCUT2D eigenvalue weighted by molar-refractivity contribution is 0.0724. The number of nitrogens with zero attached hydrogens (tertiary/aromatic N) is 3. The van der Waals surface area contributed by atoms with Crippen molar-refractivity contribution in [1.82, 2.24) is 15.1 Å². The first-order valence-corrected chi connectivity index (χ1v) is 14.7. The SMILES string of the molecule is O=C(Nc1ccc(N2CCN(C(=O)NC3CCCCC3)CC2)c(C(=O)N2CCCCC2)c1)c1ccc(Cl)cc1. The van der Waals surface area contributed by atoms with Crippen LogP contribution in [0.15, 0.2) is 42.5 Å². The van der Waals surface area contributed by atoms with Crippen molar-refractivity contribution >= 4 is 40.8 Å². The maximum absolute atomic E-state index is 13.7. The van der Waals surface area contributed by atoms with Crippen LogP contribution in [0.3, 0.4) is 0 Å². The summed E-state index contributed by atoms with van der Waals surface area (Å²) >= 11 is 5.96. The number of halogens is 1. The summed E-state index contributed by atoms with van der Waals surface area (Å²) in [6.07, 6.45) is 8.89. The van der Waals surface area contributed by atoms with E-state index < -0.39 is 0 Å². The van der Waals surface area contributed by atoms with Gasteiger partial charge in [0.05, 0.1) is 5.56 Å². The number of anilines is 2. The number of likely N-dealkylation sites (tertiary alicyclic amines) is 1. The predicted octanol–water partition coefficient (Wildman–Crippen LogP) is 5.38. The lowest BCUT2D eigenvalue weighted by Crippen LogP contribution is -2.54. The predicted molar refractivity (Wildman–Crippen MR) is 155 cm³/mol. The van der Waals surface area contributed by atoms with E-state index in [0.717, 1.165) is 50.9 Å². The van der Waals surface area contributed by atoms with E-state index in [-0.39, 0.29) is 23.9 Å². The topological polar surface area (TPSA) is 85.0 Å². The number of carbonyl (C=O) groups excluding carboxylic acids is 3. The minimum atomic E-state index is -0.256. The average molecular weight is 552 g/mol. The molecule has 2 heterocycles. The van der Waals surface area contributed by atoms with Crippen LogP contribution in [0, 0.1) is 0 Å². The Hall–Kier alpha value is -3.26. The van der Waals surface area contributed by atoms with Gasteiger partial charge in [0.25, 0.3) is 11.8 Å². The molecule has 5 rings (SSSR count). The number of piperidine rings is 1. The summed E-state index contributed by atoms with van der Waals surface area (Å²) in [5.41, 5.74) is 2.51. The molecule has 1 aliphatic carbocycles. The van der Waals surface area contributed by atoms with Gasteiger partial charge in [-0.05, 0) is 74.6 Å². The first-order chi connectivity index (χ1) is 19.0. The van der Waals surface area contributed by atoms with Gasteiger partial charge in [-0.3, -0.25) is 9.59 Å². The van der Waals surface area contributed by atoms with Crippen molar-refractivity contribution < 1.29 is 14.4 Å². The van der Waals surface area contributed by atoms with Gasteiger partial charge in [0.2, 0.25) is 0 Å². The molecule has 0 bridgehead atoms. The molecule has 8 nitrogen and oxygen atoms in total. The highest BCUT2D eigenvalue weighted by Gasteiger charge is 2.28.